The van der Waals surface area contributed by atoms with Gasteiger partial charge in [0, 0.05) is 36.5 Å². The summed E-state index contributed by atoms with van der Waals surface area (Å²) in [5.74, 6) is 4.69. The number of nitrogens with zero attached hydrogens (tertiary/aromatic N) is 1. The third-order valence-corrected chi connectivity index (χ3v) is 5.20. The van der Waals surface area contributed by atoms with Gasteiger partial charge in [-0.15, -0.1) is 30.6 Å². The minimum absolute atomic E-state index is 0. The van der Waals surface area contributed by atoms with Crippen molar-refractivity contribution < 1.29 is 9.15 Å². The Morgan fingerprint density at radius 3 is 3.00 bits per heavy atom. The molecule has 1 aliphatic rings. The van der Waals surface area contributed by atoms with Crippen LogP contribution in [0.4, 0.5) is 0 Å². The number of benzene rings is 1. The summed E-state index contributed by atoms with van der Waals surface area (Å²) in [5, 5.41) is 7.02. The Morgan fingerprint density at radius 1 is 1.29 bits per heavy atom. The summed E-state index contributed by atoms with van der Waals surface area (Å²) < 4.78 is 11.2. The lowest BCUT2D eigenvalue weighted by Crippen LogP contribution is -2.42. The molecule has 0 amide bonds. The van der Waals surface area contributed by atoms with Crippen LogP contribution in [0.3, 0.4) is 0 Å². The Bertz CT molecular complexity index is 737. The SMILES string of the molecule is C=CCSCCN=C(NCCc1ccco1)NC1CCOc2ccccc21.I. The van der Waals surface area contributed by atoms with E-state index in [1.165, 1.54) is 5.56 Å². The first-order chi connectivity index (χ1) is 13.4. The highest BCUT2D eigenvalue weighted by Gasteiger charge is 2.21. The average Bonchev–Trinajstić information content (AvgIpc) is 3.21. The number of rotatable bonds is 9. The second kappa shape index (κ2) is 12.8. The minimum atomic E-state index is 0. The molecule has 7 heteroatoms. The van der Waals surface area contributed by atoms with E-state index >= 15 is 0 Å². The first-order valence-corrected chi connectivity index (χ1v) is 10.5. The predicted molar refractivity (Wildman–Crippen MR) is 128 cm³/mol. The van der Waals surface area contributed by atoms with Gasteiger partial charge in [-0.3, -0.25) is 4.99 Å². The number of hydrogen-bond donors (Lipinski definition) is 2. The molecular weight excluding hydrogens is 485 g/mol. The molecule has 0 bridgehead atoms. The van der Waals surface area contributed by atoms with E-state index in [9.17, 15) is 0 Å². The fourth-order valence-corrected chi connectivity index (χ4v) is 3.51. The molecule has 28 heavy (non-hydrogen) atoms. The van der Waals surface area contributed by atoms with Gasteiger partial charge in [0.25, 0.3) is 0 Å². The summed E-state index contributed by atoms with van der Waals surface area (Å²) in [6.07, 6.45) is 5.37. The molecule has 0 aliphatic carbocycles. The maximum atomic E-state index is 5.77. The number of aliphatic imine (C=N–C) groups is 1. The molecular formula is C21H28IN3O2S. The fourth-order valence-electron chi connectivity index (χ4n) is 2.96. The van der Waals surface area contributed by atoms with Gasteiger partial charge in [0.15, 0.2) is 5.96 Å². The smallest absolute Gasteiger partial charge is 0.191 e. The summed E-state index contributed by atoms with van der Waals surface area (Å²) in [7, 11) is 0. The molecule has 0 radical (unpaired) electrons. The molecule has 2 aromatic rings. The first-order valence-electron chi connectivity index (χ1n) is 9.34. The number of halogens is 1. The summed E-state index contributed by atoms with van der Waals surface area (Å²) in [6.45, 7) is 6.00. The topological polar surface area (TPSA) is 58.8 Å². The molecule has 0 saturated heterocycles. The lowest BCUT2D eigenvalue weighted by atomic mass is 10.0. The van der Waals surface area contributed by atoms with Crippen LogP contribution in [0.2, 0.25) is 0 Å². The number of thioether (sulfide) groups is 1. The second-order valence-electron chi connectivity index (χ2n) is 6.22. The predicted octanol–water partition coefficient (Wildman–Crippen LogP) is 4.42. The molecule has 1 atom stereocenters. The van der Waals surface area contributed by atoms with Crippen molar-refractivity contribution in [2.45, 2.75) is 18.9 Å². The Kier molecular flexibility index (Phi) is 10.3. The van der Waals surface area contributed by atoms with E-state index in [2.05, 4.69) is 29.3 Å². The van der Waals surface area contributed by atoms with Gasteiger partial charge in [0.05, 0.1) is 25.5 Å². The summed E-state index contributed by atoms with van der Waals surface area (Å²) in [5.41, 5.74) is 1.19. The number of nitrogens with one attached hydrogen (secondary N) is 2. The number of hydrogen-bond acceptors (Lipinski definition) is 4. The molecule has 3 rings (SSSR count). The van der Waals surface area contributed by atoms with Crippen LogP contribution in [0.15, 0.2) is 64.7 Å². The molecule has 0 fully saturated rings. The van der Waals surface area contributed by atoms with Crippen molar-refractivity contribution in [2.75, 3.05) is 31.2 Å². The molecule has 2 N–H and O–H groups in total. The third-order valence-electron chi connectivity index (χ3n) is 4.25. The van der Waals surface area contributed by atoms with E-state index in [4.69, 9.17) is 14.1 Å². The summed E-state index contributed by atoms with van der Waals surface area (Å²) in [6, 6.07) is 12.3. The molecule has 0 saturated carbocycles. The number of guanidine groups is 1. The van der Waals surface area contributed by atoms with Crippen molar-refractivity contribution in [1.82, 2.24) is 10.6 Å². The van der Waals surface area contributed by atoms with E-state index in [0.29, 0.717) is 6.61 Å². The normalized spacial score (nSPS) is 15.7. The van der Waals surface area contributed by atoms with Crippen LogP contribution in [0.1, 0.15) is 23.8 Å². The van der Waals surface area contributed by atoms with Crippen molar-refractivity contribution in [3.8, 4) is 5.75 Å². The van der Waals surface area contributed by atoms with Gasteiger partial charge in [0.1, 0.15) is 11.5 Å². The zero-order chi connectivity index (χ0) is 18.7. The number of para-hydroxylation sites is 1. The van der Waals surface area contributed by atoms with Crippen molar-refractivity contribution in [3.05, 3.63) is 66.6 Å². The lowest BCUT2D eigenvalue weighted by Gasteiger charge is -2.28. The summed E-state index contributed by atoms with van der Waals surface area (Å²) >= 11 is 1.84. The Labute approximate surface area is 188 Å². The van der Waals surface area contributed by atoms with Crippen LogP contribution in [-0.2, 0) is 6.42 Å². The van der Waals surface area contributed by atoms with Gasteiger partial charge >= 0.3 is 0 Å². The summed E-state index contributed by atoms with van der Waals surface area (Å²) in [4.78, 5) is 4.75. The van der Waals surface area contributed by atoms with Crippen LogP contribution in [0.5, 0.6) is 5.75 Å². The molecule has 1 aliphatic heterocycles. The zero-order valence-corrected chi connectivity index (χ0v) is 19.1. The largest absolute Gasteiger partial charge is 0.493 e. The van der Waals surface area contributed by atoms with Gasteiger partial charge in [-0.2, -0.15) is 11.8 Å². The highest BCUT2D eigenvalue weighted by molar-refractivity contribution is 14.0. The van der Waals surface area contributed by atoms with Gasteiger partial charge in [-0.05, 0) is 18.2 Å². The van der Waals surface area contributed by atoms with Gasteiger partial charge < -0.3 is 19.8 Å². The standard InChI is InChI=1S/C21H27N3O2S.HI/c1-2-15-27-16-12-23-21(22-11-9-17-6-5-13-25-17)24-19-10-14-26-20-8-4-3-7-18(19)20;/h2-8,13,19H,1,9-12,14-16H2,(H2,22,23,24);1H. The second-order valence-corrected chi connectivity index (χ2v) is 7.37. The van der Waals surface area contributed by atoms with E-state index in [1.807, 2.05) is 42.1 Å². The van der Waals surface area contributed by atoms with Crippen LogP contribution in [-0.4, -0.2) is 37.2 Å². The van der Waals surface area contributed by atoms with Crippen molar-refractivity contribution in [1.29, 1.82) is 0 Å². The number of fused-ring (bicyclic) bond motifs is 1. The fraction of sp³-hybridized carbons (Fsp3) is 0.381. The van der Waals surface area contributed by atoms with Crippen molar-refractivity contribution >= 4 is 41.7 Å². The molecule has 5 nitrogen and oxygen atoms in total. The van der Waals surface area contributed by atoms with Gasteiger partial charge in [-0.1, -0.05) is 24.3 Å². The molecule has 1 aromatic carbocycles. The minimum Gasteiger partial charge on any atom is -0.493 e. The number of ether oxygens (including phenoxy) is 1. The van der Waals surface area contributed by atoms with Crippen LogP contribution >= 0.6 is 35.7 Å². The van der Waals surface area contributed by atoms with E-state index < -0.39 is 0 Å². The molecule has 0 spiro atoms. The van der Waals surface area contributed by atoms with Gasteiger partial charge in [-0.25, -0.2) is 0 Å². The molecule has 152 valence electrons. The average molecular weight is 513 g/mol. The Morgan fingerprint density at radius 2 is 2.18 bits per heavy atom. The van der Waals surface area contributed by atoms with Crippen molar-refractivity contribution in [3.63, 3.8) is 0 Å². The van der Waals surface area contributed by atoms with Crippen molar-refractivity contribution in [2.24, 2.45) is 4.99 Å². The van der Waals surface area contributed by atoms with E-state index in [-0.39, 0.29) is 30.0 Å². The third kappa shape index (κ3) is 7.09. The molecule has 2 heterocycles. The maximum absolute atomic E-state index is 5.77. The molecule has 1 unspecified atom stereocenters. The highest BCUT2D eigenvalue weighted by atomic mass is 127. The maximum Gasteiger partial charge on any atom is 0.191 e. The van der Waals surface area contributed by atoms with Crippen LogP contribution < -0.4 is 15.4 Å². The Balaban J connectivity index is 0.00000280. The van der Waals surface area contributed by atoms with E-state index in [1.54, 1.807) is 6.26 Å². The zero-order valence-electron chi connectivity index (χ0n) is 15.9. The number of furan rings is 1. The Hall–Kier alpha value is -1.61. The highest BCUT2D eigenvalue weighted by Crippen LogP contribution is 2.31. The van der Waals surface area contributed by atoms with Gasteiger partial charge in [0.2, 0.25) is 0 Å². The quantitative estimate of drug-likeness (QED) is 0.171. The van der Waals surface area contributed by atoms with Crippen LogP contribution in [0.25, 0.3) is 0 Å². The lowest BCUT2D eigenvalue weighted by molar-refractivity contribution is 0.261. The van der Waals surface area contributed by atoms with E-state index in [0.717, 1.165) is 54.9 Å². The first kappa shape index (κ1) is 22.7. The monoisotopic (exact) mass is 513 g/mol. The molecule has 1 aromatic heterocycles. The van der Waals surface area contributed by atoms with Crippen LogP contribution in [0, 0.1) is 0 Å².